The molecule has 0 spiro atoms. The van der Waals surface area contributed by atoms with Gasteiger partial charge in [0.2, 0.25) is 10.0 Å². The van der Waals surface area contributed by atoms with E-state index in [9.17, 15) is 18.0 Å². The molecular formula is C29H29ClN6O4S3. The van der Waals surface area contributed by atoms with Crippen LogP contribution in [-0.2, 0) is 23.1 Å². The zero-order valence-electron chi connectivity index (χ0n) is 23.0. The lowest BCUT2D eigenvalue weighted by atomic mass is 10.2. The number of fused-ring (bicyclic) bond motifs is 2. The number of nitrogens with zero attached hydrogens (tertiary/aromatic N) is 4. The number of para-hydroxylation sites is 4. The van der Waals surface area contributed by atoms with Gasteiger partial charge in [-0.2, -0.15) is 0 Å². The molecule has 0 radical (unpaired) electrons. The lowest BCUT2D eigenvalue weighted by Gasteiger charge is -2.12. The van der Waals surface area contributed by atoms with E-state index in [1.54, 1.807) is 9.13 Å². The summed E-state index contributed by atoms with van der Waals surface area (Å²) in [6.07, 6.45) is 1.09. The number of halogens is 1. The van der Waals surface area contributed by atoms with Crippen LogP contribution in [0.5, 0.6) is 0 Å². The second-order valence-corrected chi connectivity index (χ2v) is 13.0. The van der Waals surface area contributed by atoms with E-state index in [0.717, 1.165) is 27.0 Å². The average molecular weight is 657 g/mol. The predicted octanol–water partition coefficient (Wildman–Crippen LogP) is 4.18. The van der Waals surface area contributed by atoms with Crippen molar-refractivity contribution in [3.05, 3.63) is 104 Å². The van der Waals surface area contributed by atoms with Crippen LogP contribution in [-0.4, -0.2) is 46.9 Å². The Bertz CT molecular complexity index is 2060. The molecule has 0 amide bonds. The molecule has 14 heteroatoms. The monoisotopic (exact) mass is 656 g/mol. The first-order valence-corrected chi connectivity index (χ1v) is 16.6. The zero-order chi connectivity index (χ0) is 29.7. The SMILES string of the molecule is CS(=O)(=O)NCCn1c(=O)c(-c2cccs2)nc2ccccc21.Cl.NCCn1c(=O)c(-c2cccs2)nc2ccccc21. The molecular weight excluding hydrogens is 628 g/mol. The van der Waals surface area contributed by atoms with Crippen LogP contribution in [0.3, 0.4) is 0 Å². The zero-order valence-corrected chi connectivity index (χ0v) is 26.3. The highest BCUT2D eigenvalue weighted by Gasteiger charge is 2.14. The molecule has 0 fully saturated rings. The molecule has 3 N–H and O–H groups in total. The molecule has 0 unspecified atom stereocenters. The number of thiophene rings is 2. The summed E-state index contributed by atoms with van der Waals surface area (Å²) in [5.41, 5.74) is 9.24. The highest BCUT2D eigenvalue weighted by Crippen LogP contribution is 2.23. The van der Waals surface area contributed by atoms with Crippen LogP contribution in [0.4, 0.5) is 0 Å². The standard InChI is InChI=1S/C15H15N3O3S2.C14H13N3OS.ClH/c1-23(20,21)16-8-9-18-12-6-3-2-5-11(12)17-14(15(18)19)13-7-4-10-22-13;15-7-8-17-11-5-2-1-4-10(11)16-13(14(17)18)12-6-3-9-19-12;/h2-7,10,16H,8-9H2,1H3;1-6,9H,7-8,15H2;1H. The van der Waals surface area contributed by atoms with E-state index >= 15 is 0 Å². The summed E-state index contributed by atoms with van der Waals surface area (Å²) in [5.74, 6) is 0. The molecule has 0 aliphatic carbocycles. The molecule has 6 aromatic rings. The molecule has 6 rings (SSSR count). The van der Waals surface area contributed by atoms with Gasteiger partial charge in [0.15, 0.2) is 0 Å². The van der Waals surface area contributed by atoms with Crippen molar-refractivity contribution in [1.29, 1.82) is 0 Å². The van der Waals surface area contributed by atoms with Crippen molar-refractivity contribution >= 4 is 67.2 Å². The van der Waals surface area contributed by atoms with E-state index in [1.165, 1.54) is 22.7 Å². The number of aromatic nitrogens is 4. The number of hydrogen-bond donors (Lipinski definition) is 2. The van der Waals surface area contributed by atoms with Crippen LogP contribution < -0.4 is 21.6 Å². The van der Waals surface area contributed by atoms with Gasteiger partial charge in [-0.15, -0.1) is 35.1 Å². The van der Waals surface area contributed by atoms with Crippen molar-refractivity contribution in [3.63, 3.8) is 0 Å². The van der Waals surface area contributed by atoms with E-state index in [0.29, 0.717) is 35.5 Å². The lowest BCUT2D eigenvalue weighted by Crippen LogP contribution is -2.31. The van der Waals surface area contributed by atoms with Gasteiger partial charge in [-0.05, 0) is 47.2 Å². The number of nitrogens with one attached hydrogen (secondary N) is 1. The van der Waals surface area contributed by atoms with Gasteiger partial charge in [0.05, 0.1) is 38.1 Å². The summed E-state index contributed by atoms with van der Waals surface area (Å²) in [5, 5.41) is 3.83. The van der Waals surface area contributed by atoms with Gasteiger partial charge in [-0.1, -0.05) is 36.4 Å². The first-order chi connectivity index (χ1) is 20.3. The summed E-state index contributed by atoms with van der Waals surface area (Å²) in [7, 11) is -3.29. The van der Waals surface area contributed by atoms with E-state index in [-0.39, 0.29) is 36.6 Å². The third-order valence-corrected chi connectivity index (χ3v) is 8.75. The maximum Gasteiger partial charge on any atom is 0.278 e. The molecule has 43 heavy (non-hydrogen) atoms. The number of benzene rings is 2. The average Bonchev–Trinajstić information content (AvgIpc) is 3.71. The number of rotatable bonds is 8. The van der Waals surface area contributed by atoms with E-state index in [4.69, 9.17) is 5.73 Å². The highest BCUT2D eigenvalue weighted by molar-refractivity contribution is 7.88. The van der Waals surface area contributed by atoms with E-state index in [1.807, 2.05) is 83.6 Å². The molecule has 10 nitrogen and oxygen atoms in total. The largest absolute Gasteiger partial charge is 0.329 e. The third-order valence-electron chi connectivity index (χ3n) is 6.27. The predicted molar refractivity (Wildman–Crippen MR) is 178 cm³/mol. The van der Waals surface area contributed by atoms with Crippen LogP contribution in [0.1, 0.15) is 0 Å². The minimum Gasteiger partial charge on any atom is -0.329 e. The molecule has 224 valence electrons. The Hall–Kier alpha value is -3.72. The molecule has 0 aliphatic rings. The van der Waals surface area contributed by atoms with Crippen LogP contribution in [0, 0.1) is 0 Å². The highest BCUT2D eigenvalue weighted by atomic mass is 35.5. The van der Waals surface area contributed by atoms with Crippen molar-refractivity contribution in [2.75, 3.05) is 19.3 Å². The quantitative estimate of drug-likeness (QED) is 0.250. The fourth-order valence-electron chi connectivity index (χ4n) is 4.45. The Kier molecular flexibility index (Phi) is 10.6. The number of sulfonamides is 1. The van der Waals surface area contributed by atoms with Gasteiger partial charge >= 0.3 is 0 Å². The van der Waals surface area contributed by atoms with Crippen LogP contribution in [0.25, 0.3) is 43.2 Å². The molecule has 0 saturated carbocycles. The molecule has 4 aromatic heterocycles. The fraction of sp³-hybridized carbons (Fsp3) is 0.172. The van der Waals surface area contributed by atoms with Crippen LogP contribution >= 0.6 is 35.1 Å². The van der Waals surface area contributed by atoms with Crippen LogP contribution in [0.2, 0.25) is 0 Å². The summed E-state index contributed by atoms with van der Waals surface area (Å²) in [6, 6.07) is 22.5. The molecule has 0 saturated heterocycles. The van der Waals surface area contributed by atoms with E-state index < -0.39 is 10.0 Å². The second-order valence-electron chi connectivity index (χ2n) is 9.22. The Labute approximate surface area is 262 Å². The summed E-state index contributed by atoms with van der Waals surface area (Å²) in [6.45, 7) is 1.32. The maximum atomic E-state index is 12.8. The smallest absolute Gasteiger partial charge is 0.278 e. The summed E-state index contributed by atoms with van der Waals surface area (Å²) >= 11 is 2.97. The molecule has 4 heterocycles. The van der Waals surface area contributed by atoms with Crippen LogP contribution in [0.15, 0.2) is 93.1 Å². The Morgan fingerprint density at radius 3 is 1.63 bits per heavy atom. The molecule has 2 aromatic carbocycles. The van der Waals surface area contributed by atoms with Gasteiger partial charge < -0.3 is 14.9 Å². The van der Waals surface area contributed by atoms with Gasteiger partial charge in [-0.25, -0.2) is 23.1 Å². The van der Waals surface area contributed by atoms with Crippen molar-refractivity contribution < 1.29 is 8.42 Å². The van der Waals surface area contributed by atoms with Gasteiger partial charge in [0.25, 0.3) is 11.1 Å². The minimum absolute atomic E-state index is 0. The normalized spacial score (nSPS) is 11.2. The number of hydrogen-bond acceptors (Lipinski definition) is 9. The molecule has 0 atom stereocenters. The summed E-state index contributed by atoms with van der Waals surface area (Å²) < 4.78 is 28.1. The topological polar surface area (TPSA) is 142 Å². The fourth-order valence-corrected chi connectivity index (χ4v) is 6.32. The third kappa shape index (κ3) is 7.44. The van der Waals surface area contributed by atoms with Gasteiger partial charge in [0.1, 0.15) is 11.4 Å². The van der Waals surface area contributed by atoms with Crippen molar-refractivity contribution in [2.24, 2.45) is 5.73 Å². The Morgan fingerprint density at radius 2 is 1.21 bits per heavy atom. The Morgan fingerprint density at radius 1 is 0.744 bits per heavy atom. The van der Waals surface area contributed by atoms with Gasteiger partial charge in [-0.3, -0.25) is 9.59 Å². The number of nitrogens with two attached hydrogens (primary N) is 1. The first kappa shape index (κ1) is 32.2. The lowest BCUT2D eigenvalue weighted by molar-refractivity contribution is 0.578. The van der Waals surface area contributed by atoms with Crippen molar-refractivity contribution in [3.8, 4) is 21.1 Å². The molecule has 0 bridgehead atoms. The van der Waals surface area contributed by atoms with Gasteiger partial charge in [0, 0.05) is 26.2 Å². The van der Waals surface area contributed by atoms with Crippen molar-refractivity contribution in [2.45, 2.75) is 13.1 Å². The van der Waals surface area contributed by atoms with Crippen molar-refractivity contribution in [1.82, 2.24) is 23.8 Å². The first-order valence-electron chi connectivity index (χ1n) is 13.0. The minimum atomic E-state index is -3.29. The molecule has 0 aliphatic heterocycles. The maximum absolute atomic E-state index is 12.8. The van der Waals surface area contributed by atoms with E-state index in [2.05, 4.69) is 14.7 Å². The second kappa shape index (κ2) is 14.2. The Balaban J connectivity index is 0.000000195. The summed E-state index contributed by atoms with van der Waals surface area (Å²) in [4.78, 5) is 35.9.